The molecule has 3 aromatic rings. The van der Waals surface area contributed by atoms with Crippen molar-refractivity contribution in [2.24, 2.45) is 0 Å². The van der Waals surface area contributed by atoms with E-state index in [-0.39, 0.29) is 5.82 Å². The lowest BCUT2D eigenvalue weighted by Crippen LogP contribution is -2.09. The topological polar surface area (TPSA) is 65.7 Å². The molecule has 0 fully saturated rings. The van der Waals surface area contributed by atoms with Gasteiger partial charge in [0.15, 0.2) is 5.65 Å². The highest BCUT2D eigenvalue weighted by Gasteiger charge is 2.15. The van der Waals surface area contributed by atoms with Gasteiger partial charge in [0.05, 0.1) is 19.9 Å². The van der Waals surface area contributed by atoms with Crippen molar-refractivity contribution in [2.45, 2.75) is 6.92 Å². The molecule has 6 heteroatoms. The van der Waals surface area contributed by atoms with Crippen LogP contribution in [0.25, 0.3) is 16.8 Å². The number of hydrogen-bond acceptors (Lipinski definition) is 5. The number of methoxy groups -OCH3 is 1. The summed E-state index contributed by atoms with van der Waals surface area (Å²) in [6.45, 7) is 2.06. The van der Waals surface area contributed by atoms with E-state index >= 15 is 0 Å². The molecule has 0 aliphatic rings. The minimum atomic E-state index is -0.462. The van der Waals surface area contributed by atoms with Crippen LogP contribution in [0.4, 0.5) is 0 Å². The fourth-order valence-corrected chi connectivity index (χ4v) is 2.16. The van der Waals surface area contributed by atoms with Gasteiger partial charge in [-0.3, -0.25) is 4.40 Å². The van der Waals surface area contributed by atoms with Crippen LogP contribution in [0.2, 0.25) is 0 Å². The zero-order valence-corrected chi connectivity index (χ0v) is 12.3. The lowest BCUT2D eigenvalue weighted by atomic mass is 10.1. The van der Waals surface area contributed by atoms with Crippen LogP contribution < -0.4 is 4.74 Å². The number of aromatic nitrogens is 3. The summed E-state index contributed by atoms with van der Waals surface area (Å²) < 4.78 is 11.8. The Morgan fingerprint density at radius 2 is 1.91 bits per heavy atom. The summed E-state index contributed by atoms with van der Waals surface area (Å²) in [5.74, 6) is 0.545. The van der Waals surface area contributed by atoms with Crippen molar-refractivity contribution in [1.29, 1.82) is 0 Å². The van der Waals surface area contributed by atoms with Gasteiger partial charge >= 0.3 is 5.97 Å². The highest BCUT2D eigenvalue weighted by molar-refractivity contribution is 5.86. The van der Waals surface area contributed by atoms with Crippen LogP contribution in [-0.2, 0) is 4.74 Å². The molecule has 3 rings (SSSR count). The number of carbonyl (C=O) groups excluding carboxylic acids is 1. The molecule has 0 spiro atoms. The minimum Gasteiger partial charge on any atom is -0.497 e. The maximum atomic E-state index is 11.9. The Morgan fingerprint density at radius 3 is 2.59 bits per heavy atom. The number of imidazole rings is 1. The van der Waals surface area contributed by atoms with Gasteiger partial charge in [-0.15, -0.1) is 0 Å². The predicted molar refractivity (Wildman–Crippen MR) is 80.9 cm³/mol. The molecule has 0 amide bonds. The van der Waals surface area contributed by atoms with E-state index in [1.807, 2.05) is 30.5 Å². The summed E-state index contributed by atoms with van der Waals surface area (Å²) in [6, 6.07) is 7.62. The van der Waals surface area contributed by atoms with Crippen molar-refractivity contribution in [1.82, 2.24) is 14.4 Å². The first kappa shape index (κ1) is 14.1. The van der Waals surface area contributed by atoms with E-state index in [0.717, 1.165) is 16.9 Å². The molecular weight excluding hydrogens is 282 g/mol. The van der Waals surface area contributed by atoms with E-state index < -0.39 is 5.97 Å². The van der Waals surface area contributed by atoms with Crippen molar-refractivity contribution < 1.29 is 14.3 Å². The summed E-state index contributed by atoms with van der Waals surface area (Å²) in [5, 5.41) is 0. The molecule has 112 valence electrons. The third-order valence-electron chi connectivity index (χ3n) is 3.26. The van der Waals surface area contributed by atoms with Crippen LogP contribution >= 0.6 is 0 Å². The van der Waals surface area contributed by atoms with E-state index in [4.69, 9.17) is 9.47 Å². The van der Waals surface area contributed by atoms with Crippen molar-refractivity contribution in [3.8, 4) is 16.9 Å². The standard InChI is InChI=1S/C16H15N3O3/c1-3-22-16(20)15-18-9-14-17-8-12(10-19(14)15)11-4-6-13(21-2)7-5-11/h4-10H,3H2,1-2H3. The largest absolute Gasteiger partial charge is 0.497 e. The Hall–Kier alpha value is -2.89. The molecule has 0 aliphatic carbocycles. The Morgan fingerprint density at radius 1 is 1.14 bits per heavy atom. The van der Waals surface area contributed by atoms with Gasteiger partial charge in [-0.25, -0.2) is 14.8 Å². The van der Waals surface area contributed by atoms with Crippen LogP contribution in [-0.4, -0.2) is 34.1 Å². The van der Waals surface area contributed by atoms with Gasteiger partial charge in [0.2, 0.25) is 5.82 Å². The van der Waals surface area contributed by atoms with Crippen LogP contribution in [0.15, 0.2) is 42.9 Å². The lowest BCUT2D eigenvalue weighted by molar-refractivity contribution is 0.0511. The van der Waals surface area contributed by atoms with Gasteiger partial charge in [0.25, 0.3) is 0 Å². The molecule has 0 bridgehead atoms. The normalized spacial score (nSPS) is 10.6. The number of fused-ring (bicyclic) bond motifs is 1. The number of benzene rings is 1. The second-order valence-electron chi connectivity index (χ2n) is 4.60. The zero-order chi connectivity index (χ0) is 15.5. The number of nitrogens with zero attached hydrogens (tertiary/aromatic N) is 3. The number of esters is 1. The first-order valence-electron chi connectivity index (χ1n) is 6.87. The first-order chi connectivity index (χ1) is 10.7. The fraction of sp³-hybridized carbons (Fsp3) is 0.188. The van der Waals surface area contributed by atoms with Crippen molar-refractivity contribution in [2.75, 3.05) is 13.7 Å². The molecule has 2 aromatic heterocycles. The minimum absolute atomic E-state index is 0.222. The molecule has 0 atom stereocenters. The predicted octanol–water partition coefficient (Wildman–Crippen LogP) is 2.58. The van der Waals surface area contributed by atoms with Crippen molar-refractivity contribution in [3.63, 3.8) is 0 Å². The average Bonchev–Trinajstić information content (AvgIpc) is 2.98. The molecule has 0 aliphatic heterocycles. The van der Waals surface area contributed by atoms with Crippen LogP contribution in [0, 0.1) is 0 Å². The Balaban J connectivity index is 2.04. The quantitative estimate of drug-likeness (QED) is 0.692. The number of rotatable bonds is 4. The summed E-state index contributed by atoms with van der Waals surface area (Å²) in [5.41, 5.74) is 2.44. The maximum absolute atomic E-state index is 11.9. The van der Waals surface area contributed by atoms with Crippen molar-refractivity contribution in [3.05, 3.63) is 48.7 Å². The van der Waals surface area contributed by atoms with Gasteiger partial charge in [-0.2, -0.15) is 0 Å². The van der Waals surface area contributed by atoms with E-state index in [9.17, 15) is 4.79 Å². The summed E-state index contributed by atoms with van der Waals surface area (Å²) >= 11 is 0. The number of ether oxygens (including phenoxy) is 2. The lowest BCUT2D eigenvalue weighted by Gasteiger charge is -2.06. The second kappa shape index (κ2) is 5.85. The van der Waals surface area contributed by atoms with Gasteiger partial charge < -0.3 is 9.47 Å². The Labute approximate surface area is 127 Å². The molecule has 0 unspecified atom stereocenters. The van der Waals surface area contributed by atoms with Gasteiger partial charge in [-0.05, 0) is 24.6 Å². The SMILES string of the molecule is CCOC(=O)c1ncc2ncc(-c3ccc(OC)cc3)cn12. The Kier molecular flexibility index (Phi) is 3.74. The first-order valence-corrected chi connectivity index (χ1v) is 6.87. The molecule has 0 saturated heterocycles. The van der Waals surface area contributed by atoms with Gasteiger partial charge in [-0.1, -0.05) is 12.1 Å². The van der Waals surface area contributed by atoms with Crippen molar-refractivity contribution >= 4 is 11.6 Å². The highest BCUT2D eigenvalue weighted by Crippen LogP contribution is 2.22. The summed E-state index contributed by atoms with van der Waals surface area (Å²) in [7, 11) is 1.62. The summed E-state index contributed by atoms with van der Waals surface area (Å²) in [4.78, 5) is 20.3. The molecule has 0 radical (unpaired) electrons. The molecule has 0 saturated carbocycles. The van der Waals surface area contributed by atoms with E-state index in [2.05, 4.69) is 9.97 Å². The third kappa shape index (κ3) is 2.50. The molecule has 2 heterocycles. The maximum Gasteiger partial charge on any atom is 0.374 e. The fourth-order valence-electron chi connectivity index (χ4n) is 2.16. The van der Waals surface area contributed by atoms with Gasteiger partial charge in [0.1, 0.15) is 5.75 Å². The highest BCUT2D eigenvalue weighted by atomic mass is 16.5. The van der Waals surface area contributed by atoms with E-state index in [1.54, 1.807) is 30.8 Å². The monoisotopic (exact) mass is 297 g/mol. The molecule has 0 N–H and O–H groups in total. The number of hydrogen-bond donors (Lipinski definition) is 0. The van der Waals surface area contributed by atoms with E-state index in [1.165, 1.54) is 0 Å². The molecular formula is C16H15N3O3. The number of carbonyl (C=O) groups is 1. The van der Waals surface area contributed by atoms with E-state index in [0.29, 0.717) is 12.3 Å². The van der Waals surface area contributed by atoms with Crippen LogP contribution in [0.5, 0.6) is 5.75 Å². The third-order valence-corrected chi connectivity index (χ3v) is 3.26. The smallest absolute Gasteiger partial charge is 0.374 e. The molecule has 6 nitrogen and oxygen atoms in total. The Bertz CT molecular complexity index is 809. The van der Waals surface area contributed by atoms with Crippen LogP contribution in [0.3, 0.4) is 0 Å². The molecule has 1 aromatic carbocycles. The van der Waals surface area contributed by atoms with Crippen LogP contribution in [0.1, 0.15) is 17.5 Å². The zero-order valence-electron chi connectivity index (χ0n) is 12.3. The second-order valence-corrected chi connectivity index (χ2v) is 4.60. The molecule has 22 heavy (non-hydrogen) atoms. The van der Waals surface area contributed by atoms with Gasteiger partial charge in [0, 0.05) is 18.0 Å². The summed E-state index contributed by atoms with van der Waals surface area (Å²) in [6.07, 6.45) is 5.11. The average molecular weight is 297 g/mol.